The predicted octanol–water partition coefficient (Wildman–Crippen LogP) is 3.60. The van der Waals surface area contributed by atoms with E-state index < -0.39 is 0 Å². The van der Waals surface area contributed by atoms with Crippen LogP contribution in [-0.4, -0.2) is 5.78 Å². The summed E-state index contributed by atoms with van der Waals surface area (Å²) in [6.45, 7) is 4.02. The number of carbonyl (C=O) groups excluding carboxylic acids is 1. The van der Waals surface area contributed by atoms with Gasteiger partial charge in [0.2, 0.25) is 0 Å². The van der Waals surface area contributed by atoms with Crippen molar-refractivity contribution in [2.45, 2.75) is 13.8 Å². The molecule has 1 heterocycles. The van der Waals surface area contributed by atoms with Crippen LogP contribution < -0.4 is 0 Å². The zero-order valence-corrected chi connectivity index (χ0v) is 9.60. The molecule has 0 spiro atoms. The van der Waals surface area contributed by atoms with Gasteiger partial charge in [-0.3, -0.25) is 4.79 Å². The fourth-order valence-corrected chi connectivity index (χ4v) is 2.30. The molecule has 2 aromatic rings. The van der Waals surface area contributed by atoms with E-state index in [1.165, 1.54) is 0 Å². The fourth-order valence-electron chi connectivity index (χ4n) is 1.67. The van der Waals surface area contributed by atoms with Crippen molar-refractivity contribution in [2.24, 2.45) is 0 Å². The van der Waals surface area contributed by atoms with Gasteiger partial charge in [0.15, 0.2) is 5.78 Å². The highest BCUT2D eigenvalue weighted by molar-refractivity contribution is 7.08. The quantitative estimate of drug-likeness (QED) is 0.701. The van der Waals surface area contributed by atoms with E-state index >= 15 is 0 Å². The minimum absolute atomic E-state index is 0.114. The van der Waals surface area contributed by atoms with Crippen LogP contribution in [0.3, 0.4) is 0 Å². The summed E-state index contributed by atoms with van der Waals surface area (Å²) in [7, 11) is 0. The summed E-state index contributed by atoms with van der Waals surface area (Å²) in [5.41, 5.74) is 3.83. The Hall–Kier alpha value is -1.41. The largest absolute Gasteiger partial charge is 0.289 e. The maximum atomic E-state index is 12.0. The normalized spacial score (nSPS) is 10.3. The van der Waals surface area contributed by atoms with E-state index in [0.29, 0.717) is 0 Å². The lowest BCUT2D eigenvalue weighted by Gasteiger charge is -2.02. The van der Waals surface area contributed by atoms with Crippen LogP contribution in [0.25, 0.3) is 0 Å². The summed E-state index contributed by atoms with van der Waals surface area (Å²) in [6.07, 6.45) is 0. The average Bonchev–Trinajstić information content (AvgIpc) is 2.67. The maximum absolute atomic E-state index is 12.0. The van der Waals surface area contributed by atoms with E-state index in [4.69, 9.17) is 0 Å². The summed E-state index contributed by atoms with van der Waals surface area (Å²) >= 11 is 1.55. The molecule has 0 aliphatic rings. The van der Waals surface area contributed by atoms with Crippen LogP contribution in [0.2, 0.25) is 0 Å². The van der Waals surface area contributed by atoms with Crippen molar-refractivity contribution >= 4 is 17.1 Å². The van der Waals surface area contributed by atoms with Gasteiger partial charge in [0.05, 0.1) is 0 Å². The molecule has 76 valence electrons. The second kappa shape index (κ2) is 3.99. The van der Waals surface area contributed by atoms with Crippen LogP contribution in [0.5, 0.6) is 0 Å². The number of hydrogen-bond acceptors (Lipinski definition) is 2. The van der Waals surface area contributed by atoms with Crippen LogP contribution >= 0.6 is 11.3 Å². The van der Waals surface area contributed by atoms with Crippen molar-refractivity contribution in [3.05, 3.63) is 57.3 Å². The fraction of sp³-hybridized carbons (Fsp3) is 0.154. The first-order chi connectivity index (χ1) is 7.16. The molecule has 1 aromatic heterocycles. The Balaban J connectivity index is 2.42. The molecule has 15 heavy (non-hydrogen) atoms. The minimum atomic E-state index is 0.114. The molecule has 0 bridgehead atoms. The third-order valence-electron chi connectivity index (χ3n) is 2.27. The second-order valence-corrected chi connectivity index (χ2v) is 4.50. The van der Waals surface area contributed by atoms with Gasteiger partial charge in [0, 0.05) is 16.5 Å². The topological polar surface area (TPSA) is 17.1 Å². The highest BCUT2D eigenvalue weighted by atomic mass is 32.1. The van der Waals surface area contributed by atoms with Gasteiger partial charge in [-0.1, -0.05) is 17.2 Å². The number of carbonyl (C=O) groups is 1. The SMILES string of the molecule is Cc1cc(C)cc(C(=O)c2ccsc2)c1. The molecular formula is C13H12OS. The third kappa shape index (κ3) is 2.16. The molecular weight excluding hydrogens is 204 g/mol. The Morgan fingerprint density at radius 1 is 1.07 bits per heavy atom. The summed E-state index contributed by atoms with van der Waals surface area (Å²) in [5, 5.41) is 3.82. The number of thiophene rings is 1. The molecule has 0 fully saturated rings. The van der Waals surface area contributed by atoms with E-state index in [1.807, 2.05) is 42.8 Å². The summed E-state index contributed by atoms with van der Waals surface area (Å²) in [4.78, 5) is 12.0. The Labute approximate surface area is 93.4 Å². The molecule has 0 radical (unpaired) electrons. The molecule has 0 saturated carbocycles. The average molecular weight is 216 g/mol. The van der Waals surface area contributed by atoms with Gasteiger partial charge in [0.25, 0.3) is 0 Å². The monoisotopic (exact) mass is 216 g/mol. The van der Waals surface area contributed by atoms with Gasteiger partial charge in [0.1, 0.15) is 0 Å². The van der Waals surface area contributed by atoms with Crippen molar-refractivity contribution in [2.75, 3.05) is 0 Å². The summed E-state index contributed by atoms with van der Waals surface area (Å²) in [5.74, 6) is 0.114. The van der Waals surface area contributed by atoms with Gasteiger partial charge in [-0.05, 0) is 37.4 Å². The molecule has 0 amide bonds. The molecule has 1 aromatic carbocycles. The molecule has 2 heteroatoms. The lowest BCUT2D eigenvalue weighted by Crippen LogP contribution is -2.00. The first-order valence-corrected chi connectivity index (χ1v) is 5.76. The lowest BCUT2D eigenvalue weighted by molar-refractivity contribution is 0.103. The highest BCUT2D eigenvalue weighted by Crippen LogP contribution is 2.15. The van der Waals surface area contributed by atoms with E-state index in [0.717, 1.165) is 22.3 Å². The molecule has 0 aliphatic heterocycles. The van der Waals surface area contributed by atoms with Gasteiger partial charge in [-0.2, -0.15) is 11.3 Å². The van der Waals surface area contributed by atoms with Gasteiger partial charge in [-0.25, -0.2) is 0 Å². The molecule has 0 aliphatic carbocycles. The summed E-state index contributed by atoms with van der Waals surface area (Å²) < 4.78 is 0. The number of rotatable bonds is 2. The Bertz CT molecular complexity index is 463. The molecule has 1 nitrogen and oxygen atoms in total. The van der Waals surface area contributed by atoms with Crippen molar-refractivity contribution < 1.29 is 4.79 Å². The number of aryl methyl sites for hydroxylation is 2. The van der Waals surface area contributed by atoms with Gasteiger partial charge >= 0.3 is 0 Å². The Morgan fingerprint density at radius 2 is 1.73 bits per heavy atom. The maximum Gasteiger partial charge on any atom is 0.193 e. The molecule has 2 rings (SSSR count). The van der Waals surface area contributed by atoms with Crippen LogP contribution in [0.4, 0.5) is 0 Å². The van der Waals surface area contributed by atoms with Crippen molar-refractivity contribution in [3.8, 4) is 0 Å². The molecule has 0 unspecified atom stereocenters. The number of ketones is 1. The molecule has 0 atom stereocenters. The molecule has 0 N–H and O–H groups in total. The van der Waals surface area contributed by atoms with E-state index in [2.05, 4.69) is 6.07 Å². The van der Waals surface area contributed by atoms with Crippen molar-refractivity contribution in [1.82, 2.24) is 0 Å². The first-order valence-electron chi connectivity index (χ1n) is 4.82. The number of benzene rings is 1. The van der Waals surface area contributed by atoms with Crippen LogP contribution in [0.15, 0.2) is 35.0 Å². The smallest absolute Gasteiger partial charge is 0.193 e. The lowest BCUT2D eigenvalue weighted by atomic mass is 10.0. The van der Waals surface area contributed by atoms with Crippen LogP contribution in [0, 0.1) is 13.8 Å². The van der Waals surface area contributed by atoms with Crippen molar-refractivity contribution in [3.63, 3.8) is 0 Å². The predicted molar refractivity (Wildman–Crippen MR) is 63.7 cm³/mol. The van der Waals surface area contributed by atoms with Crippen LogP contribution in [-0.2, 0) is 0 Å². The van der Waals surface area contributed by atoms with Gasteiger partial charge in [-0.15, -0.1) is 0 Å². The zero-order chi connectivity index (χ0) is 10.8. The second-order valence-electron chi connectivity index (χ2n) is 3.72. The summed E-state index contributed by atoms with van der Waals surface area (Å²) in [6, 6.07) is 7.81. The van der Waals surface area contributed by atoms with E-state index in [9.17, 15) is 4.79 Å². The Kier molecular flexibility index (Phi) is 2.69. The zero-order valence-electron chi connectivity index (χ0n) is 8.78. The first kappa shape index (κ1) is 10.1. The highest BCUT2D eigenvalue weighted by Gasteiger charge is 2.09. The van der Waals surface area contributed by atoms with Crippen molar-refractivity contribution in [1.29, 1.82) is 0 Å². The number of hydrogen-bond donors (Lipinski definition) is 0. The van der Waals surface area contributed by atoms with E-state index in [-0.39, 0.29) is 5.78 Å². The minimum Gasteiger partial charge on any atom is -0.289 e. The van der Waals surface area contributed by atoms with Gasteiger partial charge < -0.3 is 0 Å². The standard InChI is InChI=1S/C13H12OS/c1-9-5-10(2)7-12(6-9)13(14)11-3-4-15-8-11/h3-8H,1-2H3. The van der Waals surface area contributed by atoms with Crippen LogP contribution in [0.1, 0.15) is 27.0 Å². The third-order valence-corrected chi connectivity index (χ3v) is 2.95. The molecule has 0 saturated heterocycles. The van der Waals surface area contributed by atoms with E-state index in [1.54, 1.807) is 11.3 Å². The Morgan fingerprint density at radius 3 is 2.27 bits per heavy atom.